The normalized spacial score (nSPS) is 13.9. The van der Waals surface area contributed by atoms with Gasteiger partial charge in [-0.1, -0.05) is 24.3 Å². The highest BCUT2D eigenvalue weighted by Gasteiger charge is 2.26. The van der Waals surface area contributed by atoms with Crippen molar-refractivity contribution in [2.45, 2.75) is 33.1 Å². The number of Topliss-reactive ketones (excluding diaryl/α,β-unsaturated/α-hetero) is 2. The summed E-state index contributed by atoms with van der Waals surface area (Å²) in [6.07, 6.45) is 1.79. The predicted octanol–water partition coefficient (Wildman–Crippen LogP) is 3.41. The molecule has 96 valence electrons. The molecule has 0 N–H and O–H groups in total. The molecule has 0 aliphatic heterocycles. The molecule has 2 nitrogen and oxygen atoms in total. The van der Waals surface area contributed by atoms with Crippen LogP contribution in [0.25, 0.3) is 10.8 Å². The van der Waals surface area contributed by atoms with Crippen LogP contribution in [-0.2, 0) is 17.6 Å². The number of aryl methyl sites for hydroxylation is 1. The molecule has 0 spiro atoms. The van der Waals surface area contributed by atoms with Crippen LogP contribution in [-0.4, -0.2) is 11.6 Å². The van der Waals surface area contributed by atoms with Gasteiger partial charge in [0, 0.05) is 18.4 Å². The van der Waals surface area contributed by atoms with Crippen LogP contribution in [0.5, 0.6) is 0 Å². The minimum absolute atomic E-state index is 0.153. The molecule has 0 unspecified atom stereocenters. The summed E-state index contributed by atoms with van der Waals surface area (Å²) in [5.41, 5.74) is 4.19. The van der Waals surface area contributed by atoms with Crippen molar-refractivity contribution in [2.75, 3.05) is 0 Å². The lowest BCUT2D eigenvalue weighted by atomic mass is 9.89. The lowest BCUT2D eigenvalue weighted by Crippen LogP contribution is -2.05. The Hall–Kier alpha value is -1.96. The Bertz CT molecular complexity index is 711. The van der Waals surface area contributed by atoms with Crippen molar-refractivity contribution >= 4 is 22.3 Å². The molecule has 2 aromatic carbocycles. The number of carbonyl (C=O) groups excluding carboxylic acids is 2. The van der Waals surface area contributed by atoms with Gasteiger partial charge >= 0.3 is 0 Å². The number of carbonyl (C=O) groups is 2. The Morgan fingerprint density at radius 1 is 1.16 bits per heavy atom. The van der Waals surface area contributed by atoms with Crippen LogP contribution in [0.3, 0.4) is 0 Å². The Morgan fingerprint density at radius 2 is 1.84 bits per heavy atom. The van der Waals surface area contributed by atoms with Crippen molar-refractivity contribution in [3.8, 4) is 0 Å². The third-order valence-electron chi connectivity index (χ3n) is 4.03. The quantitative estimate of drug-likeness (QED) is 0.820. The first-order valence-electron chi connectivity index (χ1n) is 6.65. The monoisotopic (exact) mass is 252 g/mol. The molecule has 0 fully saturated rings. The van der Waals surface area contributed by atoms with Crippen LogP contribution >= 0.6 is 0 Å². The first-order valence-corrected chi connectivity index (χ1v) is 6.65. The SMILES string of the molecule is CC(=O)Cc1c2c(c3ccccc3c1C)C(=O)CC2. The van der Waals surface area contributed by atoms with Gasteiger partial charge in [-0.2, -0.15) is 0 Å². The van der Waals surface area contributed by atoms with Crippen LogP contribution in [0, 0.1) is 6.92 Å². The molecule has 2 heteroatoms. The van der Waals surface area contributed by atoms with Crippen LogP contribution in [0.2, 0.25) is 0 Å². The molecule has 0 saturated heterocycles. The van der Waals surface area contributed by atoms with Crippen molar-refractivity contribution in [1.29, 1.82) is 0 Å². The van der Waals surface area contributed by atoms with Crippen LogP contribution in [0.15, 0.2) is 24.3 Å². The first kappa shape index (κ1) is 12.1. The maximum absolute atomic E-state index is 12.1. The van der Waals surface area contributed by atoms with Crippen molar-refractivity contribution in [3.63, 3.8) is 0 Å². The Kier molecular flexibility index (Phi) is 2.74. The van der Waals surface area contributed by atoms with Crippen molar-refractivity contribution in [3.05, 3.63) is 46.5 Å². The molecule has 0 bridgehead atoms. The average Bonchev–Trinajstić information content (AvgIpc) is 2.76. The van der Waals surface area contributed by atoms with Crippen molar-refractivity contribution in [1.82, 2.24) is 0 Å². The summed E-state index contributed by atoms with van der Waals surface area (Å²) in [6, 6.07) is 8.01. The number of fused-ring (bicyclic) bond motifs is 3. The molecule has 0 amide bonds. The fraction of sp³-hybridized carbons (Fsp3) is 0.294. The Labute approximate surface area is 112 Å². The molecule has 0 radical (unpaired) electrons. The minimum atomic E-state index is 0.153. The van der Waals surface area contributed by atoms with Gasteiger partial charge in [0.2, 0.25) is 0 Å². The molecule has 0 heterocycles. The van der Waals surface area contributed by atoms with E-state index >= 15 is 0 Å². The van der Waals surface area contributed by atoms with Crippen molar-refractivity contribution in [2.24, 2.45) is 0 Å². The number of hydrogen-bond acceptors (Lipinski definition) is 2. The number of rotatable bonds is 2. The highest BCUT2D eigenvalue weighted by atomic mass is 16.1. The van der Waals surface area contributed by atoms with Gasteiger partial charge < -0.3 is 0 Å². The van der Waals surface area contributed by atoms with Gasteiger partial charge in [0.15, 0.2) is 5.78 Å². The standard InChI is InChI=1S/C17H16O2/c1-10(18)9-15-11(2)12-5-3-4-6-13(12)17-14(15)7-8-16(17)19/h3-6H,7-9H2,1-2H3. The summed E-state index contributed by atoms with van der Waals surface area (Å²) in [4.78, 5) is 23.6. The van der Waals surface area contributed by atoms with E-state index in [0.717, 1.165) is 39.4 Å². The second-order valence-electron chi connectivity index (χ2n) is 5.30. The van der Waals surface area contributed by atoms with E-state index in [2.05, 4.69) is 6.92 Å². The van der Waals surface area contributed by atoms with Crippen LogP contribution in [0.1, 0.15) is 40.4 Å². The fourth-order valence-corrected chi connectivity index (χ4v) is 3.18. The van der Waals surface area contributed by atoms with E-state index in [9.17, 15) is 9.59 Å². The molecule has 19 heavy (non-hydrogen) atoms. The number of hydrogen-bond donors (Lipinski definition) is 0. The maximum atomic E-state index is 12.1. The van der Waals surface area contributed by atoms with Gasteiger partial charge in [-0.05, 0) is 47.7 Å². The molecule has 0 saturated carbocycles. The van der Waals surface area contributed by atoms with E-state index in [1.54, 1.807) is 6.92 Å². The lowest BCUT2D eigenvalue weighted by molar-refractivity contribution is -0.116. The molecular formula is C17H16O2. The molecule has 0 aromatic heterocycles. The second kappa shape index (κ2) is 4.30. The van der Waals surface area contributed by atoms with Crippen molar-refractivity contribution < 1.29 is 9.59 Å². The average molecular weight is 252 g/mol. The topological polar surface area (TPSA) is 34.1 Å². The van der Waals surface area contributed by atoms with E-state index < -0.39 is 0 Å². The van der Waals surface area contributed by atoms with Crippen LogP contribution < -0.4 is 0 Å². The molecule has 0 atom stereocenters. The fourth-order valence-electron chi connectivity index (χ4n) is 3.18. The molecule has 1 aliphatic rings. The van der Waals surface area contributed by atoms with E-state index in [-0.39, 0.29) is 11.6 Å². The van der Waals surface area contributed by atoms with Crippen LogP contribution in [0.4, 0.5) is 0 Å². The number of benzene rings is 2. The van der Waals surface area contributed by atoms with Gasteiger partial charge in [-0.25, -0.2) is 0 Å². The van der Waals surface area contributed by atoms with Gasteiger partial charge in [0.1, 0.15) is 5.78 Å². The smallest absolute Gasteiger partial charge is 0.164 e. The maximum Gasteiger partial charge on any atom is 0.164 e. The largest absolute Gasteiger partial charge is 0.300 e. The van der Waals surface area contributed by atoms with E-state index in [0.29, 0.717) is 12.8 Å². The van der Waals surface area contributed by atoms with E-state index in [1.807, 2.05) is 24.3 Å². The first-order chi connectivity index (χ1) is 9.09. The number of ketones is 2. The highest BCUT2D eigenvalue weighted by Crippen LogP contribution is 2.36. The van der Waals surface area contributed by atoms with Gasteiger partial charge in [0.25, 0.3) is 0 Å². The Balaban J connectivity index is 2.41. The lowest BCUT2D eigenvalue weighted by Gasteiger charge is -2.15. The van der Waals surface area contributed by atoms with Gasteiger partial charge in [-0.3, -0.25) is 9.59 Å². The second-order valence-corrected chi connectivity index (χ2v) is 5.30. The van der Waals surface area contributed by atoms with E-state index in [4.69, 9.17) is 0 Å². The highest BCUT2D eigenvalue weighted by molar-refractivity contribution is 6.13. The predicted molar refractivity (Wildman–Crippen MR) is 75.7 cm³/mol. The zero-order valence-electron chi connectivity index (χ0n) is 11.2. The molecule has 2 aromatic rings. The zero-order chi connectivity index (χ0) is 13.6. The summed E-state index contributed by atoms with van der Waals surface area (Å²) in [7, 11) is 0. The third-order valence-corrected chi connectivity index (χ3v) is 4.03. The summed E-state index contributed by atoms with van der Waals surface area (Å²) < 4.78 is 0. The third kappa shape index (κ3) is 1.79. The summed E-state index contributed by atoms with van der Waals surface area (Å²) >= 11 is 0. The van der Waals surface area contributed by atoms with Gasteiger partial charge in [-0.15, -0.1) is 0 Å². The molecular weight excluding hydrogens is 236 g/mol. The minimum Gasteiger partial charge on any atom is -0.300 e. The zero-order valence-corrected chi connectivity index (χ0v) is 11.2. The molecule has 1 aliphatic carbocycles. The summed E-state index contributed by atoms with van der Waals surface area (Å²) in [6.45, 7) is 3.67. The summed E-state index contributed by atoms with van der Waals surface area (Å²) in [5, 5.41) is 2.15. The van der Waals surface area contributed by atoms with Gasteiger partial charge in [0.05, 0.1) is 0 Å². The van der Waals surface area contributed by atoms with E-state index in [1.165, 1.54) is 0 Å². The molecule has 3 rings (SSSR count). The summed E-state index contributed by atoms with van der Waals surface area (Å²) in [5.74, 6) is 0.371. The Morgan fingerprint density at radius 3 is 2.53 bits per heavy atom.